The van der Waals surface area contributed by atoms with Crippen LogP contribution in [0.5, 0.6) is 5.75 Å². The van der Waals surface area contributed by atoms with E-state index in [1.54, 1.807) is 0 Å². The van der Waals surface area contributed by atoms with E-state index < -0.39 is 35.8 Å². The van der Waals surface area contributed by atoms with Crippen molar-refractivity contribution in [3.8, 4) is 5.75 Å². The number of aromatic nitrogens is 1. The van der Waals surface area contributed by atoms with Gasteiger partial charge in [0.05, 0.1) is 12.2 Å². The Morgan fingerprint density at radius 1 is 1.43 bits per heavy atom. The van der Waals surface area contributed by atoms with E-state index in [0.717, 1.165) is 6.20 Å². The molecule has 0 spiro atoms. The quantitative estimate of drug-likeness (QED) is 0.442. The first-order valence-electron chi connectivity index (χ1n) is 5.50. The molecule has 118 valence electrons. The van der Waals surface area contributed by atoms with E-state index in [0.29, 0.717) is 0 Å². The van der Waals surface area contributed by atoms with Crippen LogP contribution in [0, 0.1) is 0 Å². The van der Waals surface area contributed by atoms with Crippen LogP contribution >= 0.6 is 15.9 Å². The fourth-order valence-corrected chi connectivity index (χ4v) is 1.90. The molecule has 0 saturated carbocycles. The van der Waals surface area contributed by atoms with Gasteiger partial charge in [0.25, 0.3) is 6.43 Å². The van der Waals surface area contributed by atoms with Crippen LogP contribution in [0.2, 0.25) is 0 Å². The SMILES string of the molecule is CCOC(=O)c1ncc(CBr)c(C(F)F)c1OC(F)(F)F. The third-order valence-electron chi connectivity index (χ3n) is 2.20. The molecule has 10 heteroatoms. The summed E-state index contributed by atoms with van der Waals surface area (Å²) in [4.78, 5) is 15.0. The summed E-state index contributed by atoms with van der Waals surface area (Å²) in [6, 6.07) is 0. The Bertz CT molecular complexity index is 521. The highest BCUT2D eigenvalue weighted by atomic mass is 79.9. The minimum Gasteiger partial charge on any atom is -0.461 e. The van der Waals surface area contributed by atoms with Gasteiger partial charge in [-0.25, -0.2) is 18.6 Å². The Morgan fingerprint density at radius 2 is 2.05 bits per heavy atom. The number of pyridine rings is 1. The summed E-state index contributed by atoms with van der Waals surface area (Å²) in [7, 11) is 0. The molecule has 0 saturated heterocycles. The van der Waals surface area contributed by atoms with Gasteiger partial charge in [-0.15, -0.1) is 13.2 Å². The lowest BCUT2D eigenvalue weighted by Gasteiger charge is -2.17. The number of esters is 1. The van der Waals surface area contributed by atoms with Crippen LogP contribution in [-0.4, -0.2) is 23.9 Å². The predicted octanol–water partition coefficient (Wildman–Crippen LogP) is 3.99. The van der Waals surface area contributed by atoms with Gasteiger partial charge in [-0.05, 0) is 12.5 Å². The Labute approximate surface area is 124 Å². The average Bonchev–Trinajstić information content (AvgIpc) is 2.35. The Balaban J connectivity index is 3.50. The normalized spacial score (nSPS) is 11.6. The molecule has 0 aliphatic heterocycles. The molecule has 1 aromatic heterocycles. The molecule has 0 atom stereocenters. The van der Waals surface area contributed by atoms with Crippen molar-refractivity contribution in [1.82, 2.24) is 4.98 Å². The van der Waals surface area contributed by atoms with Gasteiger partial charge in [0, 0.05) is 11.5 Å². The molecule has 0 bridgehead atoms. The maximum absolute atomic E-state index is 13.0. The number of halogens is 6. The highest BCUT2D eigenvalue weighted by molar-refractivity contribution is 9.08. The number of nitrogens with zero attached hydrogens (tertiary/aromatic N) is 1. The number of hydrogen-bond acceptors (Lipinski definition) is 4. The van der Waals surface area contributed by atoms with Crippen LogP contribution in [0.3, 0.4) is 0 Å². The monoisotopic (exact) mass is 377 g/mol. The Hall–Kier alpha value is -1.45. The van der Waals surface area contributed by atoms with Crippen LogP contribution in [0.1, 0.15) is 35.0 Å². The minimum absolute atomic E-state index is 0.157. The molecule has 1 aromatic rings. The van der Waals surface area contributed by atoms with Crippen LogP contribution in [0.4, 0.5) is 22.0 Å². The zero-order valence-corrected chi connectivity index (χ0v) is 12.1. The first-order valence-corrected chi connectivity index (χ1v) is 6.62. The number of carbonyl (C=O) groups is 1. The van der Waals surface area contributed by atoms with Crippen molar-refractivity contribution >= 4 is 21.9 Å². The van der Waals surface area contributed by atoms with Gasteiger partial charge in [-0.2, -0.15) is 0 Å². The first-order chi connectivity index (χ1) is 9.71. The van der Waals surface area contributed by atoms with Crippen molar-refractivity contribution < 1.29 is 36.2 Å². The van der Waals surface area contributed by atoms with Crippen molar-refractivity contribution in [2.24, 2.45) is 0 Å². The summed E-state index contributed by atoms with van der Waals surface area (Å²) in [6.45, 7) is 1.25. The van der Waals surface area contributed by atoms with Gasteiger partial charge in [0.15, 0.2) is 11.4 Å². The predicted molar refractivity (Wildman–Crippen MR) is 64.5 cm³/mol. The smallest absolute Gasteiger partial charge is 0.461 e. The summed E-state index contributed by atoms with van der Waals surface area (Å²) in [6.07, 6.45) is -7.67. The summed E-state index contributed by atoms with van der Waals surface area (Å²) >= 11 is 2.86. The lowest BCUT2D eigenvalue weighted by molar-refractivity contribution is -0.275. The van der Waals surface area contributed by atoms with E-state index in [2.05, 4.69) is 30.4 Å². The van der Waals surface area contributed by atoms with Gasteiger partial charge < -0.3 is 9.47 Å². The maximum Gasteiger partial charge on any atom is 0.573 e. The molecule has 0 radical (unpaired) electrons. The largest absolute Gasteiger partial charge is 0.573 e. The average molecular weight is 378 g/mol. The lowest BCUT2D eigenvalue weighted by Crippen LogP contribution is -2.22. The van der Waals surface area contributed by atoms with Gasteiger partial charge in [0.2, 0.25) is 0 Å². The van der Waals surface area contributed by atoms with Crippen LogP contribution in [0.25, 0.3) is 0 Å². The second-order valence-corrected chi connectivity index (χ2v) is 4.14. The second kappa shape index (κ2) is 7.01. The molecular formula is C11H9BrF5NO3. The molecule has 1 rings (SSSR count). The van der Waals surface area contributed by atoms with Crippen LogP contribution < -0.4 is 4.74 Å². The highest BCUT2D eigenvalue weighted by Crippen LogP contribution is 2.38. The van der Waals surface area contributed by atoms with E-state index in [-0.39, 0.29) is 17.5 Å². The van der Waals surface area contributed by atoms with Crippen molar-refractivity contribution in [1.29, 1.82) is 0 Å². The van der Waals surface area contributed by atoms with E-state index in [9.17, 15) is 26.7 Å². The van der Waals surface area contributed by atoms with Gasteiger partial charge in [-0.3, -0.25) is 0 Å². The highest BCUT2D eigenvalue weighted by Gasteiger charge is 2.37. The molecule has 1 heterocycles. The molecule has 4 nitrogen and oxygen atoms in total. The van der Waals surface area contributed by atoms with Gasteiger partial charge >= 0.3 is 12.3 Å². The fourth-order valence-electron chi connectivity index (χ4n) is 1.45. The van der Waals surface area contributed by atoms with Crippen LogP contribution in [-0.2, 0) is 10.1 Å². The van der Waals surface area contributed by atoms with Crippen molar-refractivity contribution in [2.75, 3.05) is 6.61 Å². The van der Waals surface area contributed by atoms with Gasteiger partial charge in [-0.1, -0.05) is 15.9 Å². The summed E-state index contributed by atoms with van der Waals surface area (Å²) in [5.74, 6) is -2.62. The topological polar surface area (TPSA) is 48.4 Å². The summed E-state index contributed by atoms with van der Waals surface area (Å²) in [5.41, 5.74) is -2.23. The molecule has 21 heavy (non-hydrogen) atoms. The standard InChI is InChI=1S/C11H9BrF5NO3/c1-2-20-10(19)7-8(21-11(15,16)17)6(9(13)14)5(3-12)4-18-7/h4,9H,2-3H2,1H3. The molecular weight excluding hydrogens is 369 g/mol. The van der Waals surface area contributed by atoms with Crippen molar-refractivity contribution in [3.63, 3.8) is 0 Å². The van der Waals surface area contributed by atoms with Crippen molar-refractivity contribution in [3.05, 3.63) is 23.0 Å². The molecule has 0 unspecified atom stereocenters. The first kappa shape index (κ1) is 17.6. The third-order valence-corrected chi connectivity index (χ3v) is 2.81. The number of ether oxygens (including phenoxy) is 2. The molecule has 0 N–H and O–H groups in total. The van der Waals surface area contributed by atoms with Crippen LogP contribution in [0.15, 0.2) is 6.20 Å². The lowest BCUT2D eigenvalue weighted by atomic mass is 10.1. The second-order valence-electron chi connectivity index (χ2n) is 3.58. The fraction of sp³-hybridized carbons (Fsp3) is 0.455. The zero-order chi connectivity index (χ0) is 16.2. The minimum atomic E-state index is -5.25. The number of carbonyl (C=O) groups excluding carboxylic acids is 1. The van der Waals surface area contributed by atoms with E-state index in [1.807, 2.05) is 0 Å². The third kappa shape index (κ3) is 4.51. The molecule has 0 aliphatic carbocycles. The van der Waals surface area contributed by atoms with E-state index in [4.69, 9.17) is 0 Å². The van der Waals surface area contributed by atoms with Crippen molar-refractivity contribution in [2.45, 2.75) is 25.0 Å². The molecule has 0 aromatic carbocycles. The Morgan fingerprint density at radius 3 is 2.48 bits per heavy atom. The molecule has 0 fully saturated rings. The number of rotatable bonds is 5. The van der Waals surface area contributed by atoms with E-state index >= 15 is 0 Å². The summed E-state index contributed by atoms with van der Waals surface area (Å²) in [5, 5.41) is -0.184. The Kier molecular flexibility index (Phi) is 5.87. The number of alkyl halides is 6. The zero-order valence-electron chi connectivity index (χ0n) is 10.5. The molecule has 0 amide bonds. The van der Waals surface area contributed by atoms with E-state index in [1.165, 1.54) is 6.92 Å². The summed E-state index contributed by atoms with van der Waals surface area (Å²) < 4.78 is 71.3. The number of hydrogen-bond donors (Lipinski definition) is 0. The maximum atomic E-state index is 13.0. The molecule has 0 aliphatic rings. The van der Waals surface area contributed by atoms with Gasteiger partial charge in [0.1, 0.15) is 0 Å².